The molecule has 3 N–H and O–H groups in total. The molecular weight excluding hydrogens is 432 g/mol. The van der Waals surface area contributed by atoms with E-state index < -0.39 is 6.04 Å². The van der Waals surface area contributed by atoms with Crippen LogP contribution < -0.4 is 19.5 Å². The SMILES string of the molecule is COc1ccc(-c2ccc(C(=O)N[C@@H](CO)Cc3c[nH]c4ccccc34)cc2)c(OC)c1OC. The highest BCUT2D eigenvalue weighted by Crippen LogP contribution is 2.44. The van der Waals surface area contributed by atoms with Gasteiger partial charge >= 0.3 is 0 Å². The molecule has 4 aromatic rings. The fraction of sp³-hybridized carbons (Fsp3) is 0.222. The van der Waals surface area contributed by atoms with Crippen LogP contribution in [0, 0.1) is 0 Å². The van der Waals surface area contributed by atoms with Crippen molar-refractivity contribution in [1.29, 1.82) is 0 Å². The van der Waals surface area contributed by atoms with Crippen LogP contribution >= 0.6 is 0 Å². The molecule has 0 aliphatic rings. The Hall–Kier alpha value is -3.97. The van der Waals surface area contributed by atoms with Gasteiger partial charge in [0.25, 0.3) is 5.91 Å². The third kappa shape index (κ3) is 4.56. The van der Waals surface area contributed by atoms with Crippen molar-refractivity contribution in [3.8, 4) is 28.4 Å². The third-order valence-corrected chi connectivity index (χ3v) is 5.86. The van der Waals surface area contributed by atoms with Crippen LogP contribution in [-0.2, 0) is 6.42 Å². The van der Waals surface area contributed by atoms with Gasteiger partial charge in [-0.2, -0.15) is 0 Å². The zero-order valence-electron chi connectivity index (χ0n) is 19.4. The van der Waals surface area contributed by atoms with E-state index in [0.717, 1.165) is 27.6 Å². The van der Waals surface area contributed by atoms with Gasteiger partial charge in [-0.05, 0) is 47.9 Å². The molecule has 176 valence electrons. The summed E-state index contributed by atoms with van der Waals surface area (Å²) in [5.41, 5.74) is 4.26. The number of ether oxygens (including phenoxy) is 3. The Morgan fingerprint density at radius 2 is 1.68 bits per heavy atom. The number of carbonyl (C=O) groups is 1. The van der Waals surface area contributed by atoms with E-state index in [1.54, 1.807) is 33.5 Å². The number of hydrogen-bond acceptors (Lipinski definition) is 5. The Bertz CT molecular complexity index is 1280. The molecule has 1 atom stereocenters. The van der Waals surface area contributed by atoms with Crippen LogP contribution in [0.2, 0.25) is 0 Å². The first kappa shape index (κ1) is 23.2. The number of aromatic nitrogens is 1. The van der Waals surface area contributed by atoms with Crippen LogP contribution in [0.1, 0.15) is 15.9 Å². The van der Waals surface area contributed by atoms with E-state index in [0.29, 0.717) is 29.2 Å². The normalized spacial score (nSPS) is 11.8. The number of aliphatic hydroxyl groups excluding tert-OH is 1. The molecule has 1 heterocycles. The monoisotopic (exact) mass is 460 g/mol. The first-order valence-corrected chi connectivity index (χ1v) is 11.0. The summed E-state index contributed by atoms with van der Waals surface area (Å²) in [5.74, 6) is 1.39. The van der Waals surface area contributed by atoms with Crippen LogP contribution in [0.4, 0.5) is 0 Å². The van der Waals surface area contributed by atoms with Gasteiger partial charge in [-0.3, -0.25) is 4.79 Å². The van der Waals surface area contributed by atoms with Gasteiger partial charge in [0.1, 0.15) is 0 Å². The smallest absolute Gasteiger partial charge is 0.251 e. The van der Waals surface area contributed by atoms with Gasteiger partial charge in [-0.25, -0.2) is 0 Å². The molecule has 0 unspecified atom stereocenters. The van der Waals surface area contributed by atoms with Crippen LogP contribution in [0.5, 0.6) is 17.2 Å². The third-order valence-electron chi connectivity index (χ3n) is 5.86. The topological polar surface area (TPSA) is 92.8 Å². The Balaban J connectivity index is 1.51. The standard InChI is InChI=1S/C27H28N2O5/c1-32-24-13-12-22(25(33-2)26(24)34-3)17-8-10-18(11-9-17)27(31)29-20(16-30)14-19-15-28-23-7-5-4-6-21(19)23/h4-13,15,20,28,30H,14,16H2,1-3H3,(H,29,31)/t20-/m1/s1. The molecule has 0 fully saturated rings. The molecular formula is C27H28N2O5. The molecule has 7 heteroatoms. The van der Waals surface area contributed by atoms with Crippen molar-refractivity contribution in [2.45, 2.75) is 12.5 Å². The van der Waals surface area contributed by atoms with Crippen molar-refractivity contribution < 1.29 is 24.1 Å². The number of aromatic amines is 1. The van der Waals surface area contributed by atoms with Crippen molar-refractivity contribution in [3.63, 3.8) is 0 Å². The average molecular weight is 461 g/mol. The lowest BCUT2D eigenvalue weighted by molar-refractivity contribution is 0.0916. The Morgan fingerprint density at radius 1 is 0.941 bits per heavy atom. The second kappa shape index (κ2) is 10.3. The van der Waals surface area contributed by atoms with E-state index in [4.69, 9.17) is 14.2 Å². The molecule has 0 spiro atoms. The van der Waals surface area contributed by atoms with Crippen molar-refractivity contribution in [2.24, 2.45) is 0 Å². The molecule has 34 heavy (non-hydrogen) atoms. The second-order valence-electron chi connectivity index (χ2n) is 7.88. The number of H-pyrrole nitrogens is 1. The maximum Gasteiger partial charge on any atom is 0.251 e. The van der Waals surface area contributed by atoms with Crippen molar-refractivity contribution in [1.82, 2.24) is 10.3 Å². The van der Waals surface area contributed by atoms with Gasteiger partial charge in [-0.1, -0.05) is 30.3 Å². The van der Waals surface area contributed by atoms with E-state index in [1.807, 2.05) is 54.7 Å². The molecule has 0 radical (unpaired) electrons. The minimum absolute atomic E-state index is 0.161. The molecule has 0 aliphatic carbocycles. The summed E-state index contributed by atoms with van der Waals surface area (Å²) in [6, 6.07) is 18.5. The summed E-state index contributed by atoms with van der Waals surface area (Å²) in [6.45, 7) is -0.161. The van der Waals surface area contributed by atoms with Gasteiger partial charge in [0.15, 0.2) is 11.5 Å². The zero-order valence-corrected chi connectivity index (χ0v) is 19.4. The van der Waals surface area contributed by atoms with E-state index in [1.165, 1.54) is 0 Å². The second-order valence-corrected chi connectivity index (χ2v) is 7.88. The molecule has 3 aromatic carbocycles. The molecule has 7 nitrogen and oxygen atoms in total. The Morgan fingerprint density at radius 3 is 2.35 bits per heavy atom. The van der Waals surface area contributed by atoms with Gasteiger partial charge in [0.2, 0.25) is 5.75 Å². The number of carbonyl (C=O) groups excluding carboxylic acids is 1. The molecule has 4 rings (SSSR count). The molecule has 0 aliphatic heterocycles. The van der Waals surface area contributed by atoms with Crippen molar-refractivity contribution in [2.75, 3.05) is 27.9 Å². The number of rotatable bonds is 9. The Kier molecular flexibility index (Phi) is 7.04. The highest BCUT2D eigenvalue weighted by atomic mass is 16.5. The number of hydrogen-bond donors (Lipinski definition) is 3. The summed E-state index contributed by atoms with van der Waals surface area (Å²) in [7, 11) is 4.71. The van der Waals surface area contributed by atoms with Gasteiger partial charge < -0.3 is 29.6 Å². The zero-order chi connectivity index (χ0) is 24.1. The molecule has 1 aromatic heterocycles. The van der Waals surface area contributed by atoms with Crippen LogP contribution in [0.15, 0.2) is 66.9 Å². The summed E-state index contributed by atoms with van der Waals surface area (Å²) in [4.78, 5) is 16.1. The number of benzene rings is 3. The lowest BCUT2D eigenvalue weighted by atomic mass is 10.0. The largest absolute Gasteiger partial charge is 0.493 e. The fourth-order valence-corrected chi connectivity index (χ4v) is 4.13. The molecule has 0 saturated carbocycles. The highest BCUT2D eigenvalue weighted by molar-refractivity contribution is 5.95. The number of fused-ring (bicyclic) bond motifs is 1. The summed E-state index contributed by atoms with van der Waals surface area (Å²) in [5, 5.41) is 13.9. The van der Waals surface area contributed by atoms with Gasteiger partial charge in [0.05, 0.1) is 34.0 Å². The molecule has 0 bridgehead atoms. The Labute approximate surface area is 198 Å². The van der Waals surface area contributed by atoms with E-state index in [-0.39, 0.29) is 12.5 Å². The maximum absolute atomic E-state index is 12.9. The number of nitrogens with one attached hydrogen (secondary N) is 2. The number of para-hydroxylation sites is 1. The lowest BCUT2D eigenvalue weighted by Gasteiger charge is -2.17. The first-order chi connectivity index (χ1) is 16.6. The highest BCUT2D eigenvalue weighted by Gasteiger charge is 2.19. The predicted molar refractivity (Wildman–Crippen MR) is 132 cm³/mol. The predicted octanol–water partition coefficient (Wildman–Crippen LogP) is 4.19. The van der Waals surface area contributed by atoms with Crippen LogP contribution in [-0.4, -0.2) is 50.0 Å². The summed E-state index contributed by atoms with van der Waals surface area (Å²) in [6.07, 6.45) is 2.44. The molecule has 1 amide bonds. The number of aliphatic hydroxyl groups is 1. The van der Waals surface area contributed by atoms with Gasteiger partial charge in [0, 0.05) is 28.2 Å². The van der Waals surface area contributed by atoms with Crippen LogP contribution in [0.25, 0.3) is 22.0 Å². The average Bonchev–Trinajstić information content (AvgIpc) is 3.29. The quantitative estimate of drug-likeness (QED) is 0.348. The summed E-state index contributed by atoms with van der Waals surface area (Å²) < 4.78 is 16.4. The minimum Gasteiger partial charge on any atom is -0.493 e. The number of methoxy groups -OCH3 is 3. The van der Waals surface area contributed by atoms with Crippen molar-refractivity contribution >= 4 is 16.8 Å². The number of amides is 1. The minimum atomic E-state index is -0.405. The van der Waals surface area contributed by atoms with E-state index in [2.05, 4.69) is 10.3 Å². The molecule has 0 saturated heterocycles. The fourth-order valence-electron chi connectivity index (χ4n) is 4.13. The lowest BCUT2D eigenvalue weighted by Crippen LogP contribution is -2.39. The first-order valence-electron chi connectivity index (χ1n) is 11.0. The van der Waals surface area contributed by atoms with E-state index in [9.17, 15) is 9.90 Å². The van der Waals surface area contributed by atoms with Gasteiger partial charge in [-0.15, -0.1) is 0 Å². The van der Waals surface area contributed by atoms with E-state index >= 15 is 0 Å². The summed E-state index contributed by atoms with van der Waals surface area (Å²) >= 11 is 0. The van der Waals surface area contributed by atoms with Crippen LogP contribution in [0.3, 0.4) is 0 Å². The maximum atomic E-state index is 12.9. The van der Waals surface area contributed by atoms with Crippen molar-refractivity contribution in [3.05, 3.63) is 78.0 Å².